The maximum Gasteiger partial charge on any atom is 0.249 e. The number of piperidine rings is 1. The van der Waals surface area contributed by atoms with E-state index in [2.05, 4.69) is 5.32 Å². The quantitative estimate of drug-likeness (QED) is 0.640. The number of imide groups is 2. The van der Waals surface area contributed by atoms with E-state index in [9.17, 15) is 19.2 Å². The van der Waals surface area contributed by atoms with Crippen molar-refractivity contribution in [2.24, 2.45) is 11.8 Å². The number of carbonyl (C=O) groups excluding carboxylic acids is 4. The van der Waals surface area contributed by atoms with Crippen LogP contribution in [-0.2, 0) is 19.2 Å². The molecular formula is C12H14N2O4. The average molecular weight is 250 g/mol. The molecule has 6 nitrogen and oxygen atoms in total. The van der Waals surface area contributed by atoms with Crippen LogP contribution in [0.15, 0.2) is 0 Å². The summed E-state index contributed by atoms with van der Waals surface area (Å²) in [7, 11) is 0. The third-order valence-corrected chi connectivity index (χ3v) is 4.15. The predicted octanol–water partition coefficient (Wildman–Crippen LogP) is -0.423. The highest BCUT2D eigenvalue weighted by atomic mass is 16.2. The Hall–Kier alpha value is -1.72. The topological polar surface area (TPSA) is 83.6 Å². The second-order valence-corrected chi connectivity index (χ2v) is 5.16. The molecule has 4 amide bonds. The van der Waals surface area contributed by atoms with Gasteiger partial charge in [-0.15, -0.1) is 0 Å². The molecular weight excluding hydrogens is 236 g/mol. The van der Waals surface area contributed by atoms with E-state index in [-0.39, 0.29) is 42.4 Å². The van der Waals surface area contributed by atoms with Gasteiger partial charge in [-0.2, -0.15) is 0 Å². The molecule has 2 saturated heterocycles. The average Bonchev–Trinajstić information content (AvgIpc) is 2.87. The van der Waals surface area contributed by atoms with Crippen molar-refractivity contribution in [2.45, 2.75) is 38.1 Å². The van der Waals surface area contributed by atoms with Gasteiger partial charge < -0.3 is 0 Å². The van der Waals surface area contributed by atoms with Crippen molar-refractivity contribution in [3.05, 3.63) is 0 Å². The zero-order valence-electron chi connectivity index (χ0n) is 9.85. The molecule has 0 bridgehead atoms. The summed E-state index contributed by atoms with van der Waals surface area (Å²) in [5, 5.41) is 2.19. The molecule has 0 spiro atoms. The van der Waals surface area contributed by atoms with Crippen LogP contribution in [0.2, 0.25) is 0 Å². The maximum atomic E-state index is 12.2. The molecule has 0 aromatic carbocycles. The lowest BCUT2D eigenvalue weighted by molar-refractivity contribution is -0.151. The fourth-order valence-corrected chi connectivity index (χ4v) is 3.25. The Labute approximate surface area is 104 Å². The van der Waals surface area contributed by atoms with Crippen molar-refractivity contribution in [2.75, 3.05) is 0 Å². The molecule has 1 saturated carbocycles. The Kier molecular flexibility index (Phi) is 2.46. The second-order valence-electron chi connectivity index (χ2n) is 5.16. The highest BCUT2D eigenvalue weighted by Gasteiger charge is 2.53. The van der Waals surface area contributed by atoms with E-state index in [0.29, 0.717) is 0 Å². The van der Waals surface area contributed by atoms with E-state index in [0.717, 1.165) is 24.2 Å². The summed E-state index contributed by atoms with van der Waals surface area (Å²) in [6.45, 7) is 0. The Morgan fingerprint density at radius 2 is 1.56 bits per heavy atom. The highest BCUT2D eigenvalue weighted by molar-refractivity contribution is 6.10. The van der Waals surface area contributed by atoms with Crippen molar-refractivity contribution in [3.8, 4) is 0 Å². The van der Waals surface area contributed by atoms with Crippen LogP contribution < -0.4 is 5.32 Å². The van der Waals surface area contributed by atoms with E-state index >= 15 is 0 Å². The highest BCUT2D eigenvalue weighted by Crippen LogP contribution is 2.41. The fraction of sp³-hybridized carbons (Fsp3) is 0.667. The summed E-state index contributed by atoms with van der Waals surface area (Å²) in [4.78, 5) is 48.2. The van der Waals surface area contributed by atoms with Gasteiger partial charge in [-0.1, -0.05) is 6.42 Å². The molecule has 2 aliphatic heterocycles. The minimum atomic E-state index is -0.784. The molecule has 3 rings (SSSR count). The summed E-state index contributed by atoms with van der Waals surface area (Å²) in [6, 6.07) is -0.784. The van der Waals surface area contributed by atoms with Gasteiger partial charge in [-0.3, -0.25) is 29.4 Å². The molecule has 2 heterocycles. The first kappa shape index (κ1) is 11.4. The number of nitrogens with zero attached hydrogens (tertiary/aromatic N) is 1. The molecule has 96 valence electrons. The van der Waals surface area contributed by atoms with Gasteiger partial charge in [0.05, 0.1) is 11.8 Å². The van der Waals surface area contributed by atoms with Crippen LogP contribution in [0.1, 0.15) is 32.1 Å². The van der Waals surface area contributed by atoms with Gasteiger partial charge in [0.15, 0.2) is 0 Å². The summed E-state index contributed by atoms with van der Waals surface area (Å²) in [6.07, 6.45) is 2.80. The number of hydrogen-bond acceptors (Lipinski definition) is 4. The van der Waals surface area contributed by atoms with E-state index < -0.39 is 11.9 Å². The Bertz CT molecular complexity index is 437. The molecule has 3 atom stereocenters. The van der Waals surface area contributed by atoms with Gasteiger partial charge in [-0.25, -0.2) is 0 Å². The smallest absolute Gasteiger partial charge is 0.249 e. The number of nitrogens with one attached hydrogen (secondary N) is 1. The second kappa shape index (κ2) is 3.90. The van der Waals surface area contributed by atoms with Crippen LogP contribution in [0, 0.1) is 11.8 Å². The van der Waals surface area contributed by atoms with Crippen LogP contribution in [0.25, 0.3) is 0 Å². The van der Waals surface area contributed by atoms with Gasteiger partial charge in [0.2, 0.25) is 23.6 Å². The zero-order chi connectivity index (χ0) is 12.9. The summed E-state index contributed by atoms with van der Waals surface area (Å²) in [5.41, 5.74) is 0. The first-order valence-electron chi connectivity index (χ1n) is 6.30. The van der Waals surface area contributed by atoms with Crippen LogP contribution in [0.4, 0.5) is 0 Å². The zero-order valence-corrected chi connectivity index (χ0v) is 9.85. The van der Waals surface area contributed by atoms with Gasteiger partial charge in [0.1, 0.15) is 6.04 Å². The van der Waals surface area contributed by atoms with Gasteiger partial charge in [0.25, 0.3) is 0 Å². The first-order chi connectivity index (χ1) is 8.59. The van der Waals surface area contributed by atoms with E-state index in [1.54, 1.807) is 0 Å². The standard InChI is InChI=1S/C12H14N2O4/c15-9-5-4-8(10(16)13-9)14-11(17)6-2-1-3-7(6)12(14)18/h6-8H,1-5H2,(H,13,15,16)/t6-,7-,8+/m1/s1. The SMILES string of the molecule is O=C1CC[C@H](N2C(=O)[C@@H]3CCC[C@H]3C2=O)C(=O)N1. The van der Waals surface area contributed by atoms with Crippen LogP contribution in [0.3, 0.4) is 0 Å². The lowest BCUT2D eigenvalue weighted by Gasteiger charge is -2.28. The van der Waals surface area contributed by atoms with Gasteiger partial charge in [0, 0.05) is 6.42 Å². The van der Waals surface area contributed by atoms with Crippen LogP contribution in [0.5, 0.6) is 0 Å². The summed E-state index contributed by atoms with van der Waals surface area (Å²) < 4.78 is 0. The molecule has 1 N–H and O–H groups in total. The maximum absolute atomic E-state index is 12.2. The number of hydrogen-bond donors (Lipinski definition) is 1. The van der Waals surface area contributed by atoms with Gasteiger partial charge >= 0.3 is 0 Å². The molecule has 6 heteroatoms. The molecule has 3 aliphatic rings. The van der Waals surface area contributed by atoms with E-state index in [1.165, 1.54) is 0 Å². The monoisotopic (exact) mass is 250 g/mol. The molecule has 18 heavy (non-hydrogen) atoms. The Morgan fingerprint density at radius 3 is 2.11 bits per heavy atom. The number of carbonyl (C=O) groups is 4. The third-order valence-electron chi connectivity index (χ3n) is 4.15. The van der Waals surface area contributed by atoms with E-state index in [4.69, 9.17) is 0 Å². The molecule has 1 aliphatic carbocycles. The Morgan fingerprint density at radius 1 is 0.944 bits per heavy atom. The van der Waals surface area contributed by atoms with Crippen molar-refractivity contribution < 1.29 is 19.2 Å². The summed E-state index contributed by atoms with van der Waals surface area (Å²) >= 11 is 0. The van der Waals surface area contributed by atoms with Crippen LogP contribution in [-0.4, -0.2) is 34.6 Å². The van der Waals surface area contributed by atoms with Crippen LogP contribution >= 0.6 is 0 Å². The minimum Gasteiger partial charge on any atom is -0.295 e. The number of fused-ring (bicyclic) bond motifs is 1. The van der Waals surface area contributed by atoms with Crippen molar-refractivity contribution in [3.63, 3.8) is 0 Å². The van der Waals surface area contributed by atoms with Crippen molar-refractivity contribution >= 4 is 23.6 Å². The Balaban J connectivity index is 1.84. The van der Waals surface area contributed by atoms with Gasteiger partial charge in [-0.05, 0) is 19.3 Å². The normalized spacial score (nSPS) is 36.0. The lowest BCUT2D eigenvalue weighted by Crippen LogP contribution is -2.54. The first-order valence-corrected chi connectivity index (χ1v) is 6.30. The number of amides is 4. The summed E-state index contributed by atoms with van der Waals surface area (Å²) in [5.74, 6) is -1.77. The van der Waals surface area contributed by atoms with E-state index in [1.807, 2.05) is 0 Å². The fourth-order valence-electron chi connectivity index (χ4n) is 3.25. The minimum absolute atomic E-state index is 0.183. The molecule has 3 fully saturated rings. The molecule has 0 aromatic heterocycles. The molecule has 0 radical (unpaired) electrons. The number of rotatable bonds is 1. The predicted molar refractivity (Wildman–Crippen MR) is 58.9 cm³/mol. The third kappa shape index (κ3) is 1.48. The largest absolute Gasteiger partial charge is 0.295 e. The lowest BCUT2D eigenvalue weighted by atomic mass is 10.00. The number of likely N-dealkylation sites (tertiary alicyclic amines) is 1. The molecule has 0 unspecified atom stereocenters. The molecule has 0 aromatic rings. The van der Waals surface area contributed by atoms with Crippen molar-refractivity contribution in [1.29, 1.82) is 0 Å². The van der Waals surface area contributed by atoms with Crippen molar-refractivity contribution in [1.82, 2.24) is 10.2 Å².